The number of hydrogen-bond donors (Lipinski definition) is 1. The summed E-state index contributed by atoms with van der Waals surface area (Å²) in [6.07, 6.45) is -0.867. The maximum atomic E-state index is 13.6. The van der Waals surface area contributed by atoms with Crippen molar-refractivity contribution in [2.45, 2.75) is 30.0 Å². The molecule has 0 aliphatic heterocycles. The Hall–Kier alpha value is -2.45. The fourth-order valence-electron chi connectivity index (χ4n) is 2.22. The number of rotatable bonds is 7. The molecule has 1 atom stereocenters. The lowest BCUT2D eigenvalue weighted by Gasteiger charge is -2.13. The van der Waals surface area contributed by atoms with Crippen LogP contribution in [0.5, 0.6) is 5.75 Å². The maximum Gasteiger partial charge on any atom is 0.266 e. The summed E-state index contributed by atoms with van der Waals surface area (Å²) in [6.45, 7) is 3.62. The van der Waals surface area contributed by atoms with E-state index in [9.17, 15) is 9.18 Å². The molecular formula is C19H18FN3O2S2. The van der Waals surface area contributed by atoms with Crippen LogP contribution in [0.1, 0.15) is 18.1 Å². The first-order valence-electron chi connectivity index (χ1n) is 8.26. The van der Waals surface area contributed by atoms with Crippen molar-refractivity contribution in [2.24, 2.45) is 0 Å². The predicted octanol–water partition coefficient (Wildman–Crippen LogP) is 4.68. The summed E-state index contributed by atoms with van der Waals surface area (Å²) >= 11 is 2.85. The number of hydrogen-bond acceptors (Lipinski definition) is 6. The molecule has 8 heteroatoms. The van der Waals surface area contributed by atoms with Gasteiger partial charge >= 0.3 is 0 Å². The Labute approximate surface area is 165 Å². The summed E-state index contributed by atoms with van der Waals surface area (Å²) in [6, 6.07) is 14.1. The largest absolute Gasteiger partial charge is 0.478 e. The number of ether oxygens (including phenoxy) is 1. The Bertz CT molecular complexity index is 933. The van der Waals surface area contributed by atoms with E-state index < -0.39 is 17.8 Å². The number of halogens is 1. The smallest absolute Gasteiger partial charge is 0.266 e. The molecule has 0 radical (unpaired) electrons. The van der Waals surface area contributed by atoms with E-state index >= 15 is 0 Å². The molecule has 2 aromatic carbocycles. The first-order chi connectivity index (χ1) is 13.0. The van der Waals surface area contributed by atoms with Gasteiger partial charge in [0.05, 0.1) is 0 Å². The number of nitrogens with zero attached hydrogens (tertiary/aromatic N) is 2. The highest BCUT2D eigenvalue weighted by atomic mass is 32.2. The van der Waals surface area contributed by atoms with Crippen LogP contribution in [0.15, 0.2) is 52.9 Å². The molecular weight excluding hydrogens is 385 g/mol. The van der Waals surface area contributed by atoms with Crippen LogP contribution in [0.25, 0.3) is 0 Å². The third-order valence-electron chi connectivity index (χ3n) is 3.76. The van der Waals surface area contributed by atoms with Gasteiger partial charge in [0.1, 0.15) is 0 Å². The number of aromatic nitrogens is 2. The van der Waals surface area contributed by atoms with Gasteiger partial charge in [0.15, 0.2) is 22.0 Å². The zero-order chi connectivity index (χ0) is 19.2. The van der Waals surface area contributed by atoms with Crippen LogP contribution >= 0.6 is 23.1 Å². The van der Waals surface area contributed by atoms with Gasteiger partial charge in [-0.15, -0.1) is 10.2 Å². The van der Waals surface area contributed by atoms with Gasteiger partial charge in [0, 0.05) is 5.75 Å². The zero-order valence-electron chi connectivity index (χ0n) is 14.8. The van der Waals surface area contributed by atoms with Crippen LogP contribution in [-0.2, 0) is 10.5 Å². The van der Waals surface area contributed by atoms with Crippen LogP contribution < -0.4 is 10.1 Å². The van der Waals surface area contributed by atoms with Crippen molar-refractivity contribution >= 4 is 34.1 Å². The standard InChI is InChI=1S/C19H18FN3O2S2/c1-12-7-3-4-8-14(12)11-26-19-23-22-18(27-19)21-17(24)13(2)25-16-10-6-5-9-15(16)20/h3-10,13H,11H2,1-2H3,(H,21,22,24)/t13-/m0/s1. The van der Waals surface area contributed by atoms with Crippen molar-refractivity contribution in [3.63, 3.8) is 0 Å². The van der Waals surface area contributed by atoms with E-state index in [2.05, 4.69) is 34.6 Å². The van der Waals surface area contributed by atoms with Crippen molar-refractivity contribution in [3.8, 4) is 5.75 Å². The average Bonchev–Trinajstić information content (AvgIpc) is 3.10. The molecule has 0 aliphatic rings. The highest BCUT2D eigenvalue weighted by Gasteiger charge is 2.18. The Kier molecular flexibility index (Phi) is 6.41. The van der Waals surface area contributed by atoms with Crippen LogP contribution in [0.3, 0.4) is 0 Å². The molecule has 0 spiro atoms. The first kappa shape index (κ1) is 19.3. The van der Waals surface area contributed by atoms with Crippen LogP contribution in [0, 0.1) is 12.7 Å². The molecule has 0 unspecified atom stereocenters. The fraction of sp³-hybridized carbons (Fsp3) is 0.211. The molecule has 0 fully saturated rings. The average molecular weight is 404 g/mol. The third-order valence-corrected chi connectivity index (χ3v) is 5.78. The Balaban J connectivity index is 1.54. The van der Waals surface area contributed by atoms with Gasteiger partial charge in [0.2, 0.25) is 5.13 Å². The van der Waals surface area contributed by atoms with Gasteiger partial charge < -0.3 is 4.74 Å². The molecule has 0 aliphatic carbocycles. The summed E-state index contributed by atoms with van der Waals surface area (Å²) in [5, 5.41) is 11.1. The molecule has 0 saturated carbocycles. The van der Waals surface area contributed by atoms with Crippen LogP contribution in [-0.4, -0.2) is 22.2 Å². The summed E-state index contributed by atoms with van der Waals surface area (Å²) < 4.78 is 19.7. The van der Waals surface area contributed by atoms with Gasteiger partial charge in [-0.3, -0.25) is 10.1 Å². The molecule has 1 heterocycles. The quantitative estimate of drug-likeness (QED) is 0.458. The van der Waals surface area contributed by atoms with E-state index in [4.69, 9.17) is 4.74 Å². The lowest BCUT2D eigenvalue weighted by Crippen LogP contribution is -2.30. The molecule has 140 valence electrons. The number of thioether (sulfide) groups is 1. The van der Waals surface area contributed by atoms with Gasteiger partial charge in [-0.05, 0) is 37.1 Å². The van der Waals surface area contributed by atoms with E-state index in [0.29, 0.717) is 5.13 Å². The van der Waals surface area contributed by atoms with E-state index in [1.165, 1.54) is 34.6 Å². The lowest BCUT2D eigenvalue weighted by molar-refractivity contribution is -0.122. The minimum atomic E-state index is -0.867. The minimum Gasteiger partial charge on any atom is -0.478 e. The highest BCUT2D eigenvalue weighted by Crippen LogP contribution is 2.29. The number of aryl methyl sites for hydroxylation is 1. The van der Waals surface area contributed by atoms with Crippen LogP contribution in [0.4, 0.5) is 9.52 Å². The molecule has 0 bridgehead atoms. The van der Waals surface area contributed by atoms with Crippen molar-refractivity contribution in [1.82, 2.24) is 10.2 Å². The number of carbonyl (C=O) groups excluding carboxylic acids is 1. The SMILES string of the molecule is Cc1ccccc1CSc1nnc(NC(=O)[C@H](C)Oc2ccccc2F)s1. The Morgan fingerprint density at radius 2 is 1.96 bits per heavy atom. The van der Waals surface area contributed by atoms with E-state index in [0.717, 1.165) is 10.1 Å². The second kappa shape index (κ2) is 8.96. The topological polar surface area (TPSA) is 64.1 Å². The summed E-state index contributed by atoms with van der Waals surface area (Å²) in [7, 11) is 0. The molecule has 1 N–H and O–H groups in total. The third kappa shape index (κ3) is 5.27. The number of para-hydroxylation sites is 1. The van der Waals surface area contributed by atoms with Crippen molar-refractivity contribution in [3.05, 3.63) is 65.5 Å². The number of carbonyl (C=O) groups is 1. The lowest BCUT2D eigenvalue weighted by atomic mass is 10.1. The second-order valence-corrected chi connectivity index (χ2v) is 7.97. The molecule has 1 amide bonds. The minimum absolute atomic E-state index is 0.0342. The maximum absolute atomic E-state index is 13.6. The van der Waals surface area contributed by atoms with E-state index in [1.807, 2.05) is 12.1 Å². The predicted molar refractivity (Wildman–Crippen MR) is 106 cm³/mol. The van der Waals surface area contributed by atoms with Gasteiger partial charge in [0.25, 0.3) is 5.91 Å². The molecule has 3 rings (SSSR count). The van der Waals surface area contributed by atoms with Crippen molar-refractivity contribution in [2.75, 3.05) is 5.32 Å². The Morgan fingerprint density at radius 3 is 2.74 bits per heavy atom. The second-order valence-electron chi connectivity index (χ2n) is 5.77. The number of anilines is 1. The molecule has 0 saturated heterocycles. The first-order valence-corrected chi connectivity index (χ1v) is 10.1. The molecule has 27 heavy (non-hydrogen) atoms. The molecule has 1 aromatic heterocycles. The summed E-state index contributed by atoms with van der Waals surface area (Å²) in [5.74, 6) is -0.109. The highest BCUT2D eigenvalue weighted by molar-refractivity contribution is 8.00. The van der Waals surface area contributed by atoms with Crippen molar-refractivity contribution < 1.29 is 13.9 Å². The normalized spacial score (nSPS) is 11.8. The number of amides is 1. The van der Waals surface area contributed by atoms with Gasteiger partial charge in [-0.1, -0.05) is 59.5 Å². The van der Waals surface area contributed by atoms with Gasteiger partial charge in [-0.2, -0.15) is 0 Å². The number of benzene rings is 2. The van der Waals surface area contributed by atoms with Crippen molar-refractivity contribution in [1.29, 1.82) is 0 Å². The van der Waals surface area contributed by atoms with E-state index in [-0.39, 0.29) is 5.75 Å². The van der Waals surface area contributed by atoms with Crippen LogP contribution in [0.2, 0.25) is 0 Å². The van der Waals surface area contributed by atoms with E-state index in [1.54, 1.807) is 30.8 Å². The summed E-state index contributed by atoms with van der Waals surface area (Å²) in [5.41, 5.74) is 2.46. The van der Waals surface area contributed by atoms with Gasteiger partial charge in [-0.25, -0.2) is 4.39 Å². The Morgan fingerprint density at radius 1 is 1.22 bits per heavy atom. The summed E-state index contributed by atoms with van der Waals surface area (Å²) in [4.78, 5) is 12.2. The fourth-order valence-corrected chi connectivity index (χ4v) is 4.05. The number of nitrogens with one attached hydrogen (secondary N) is 1. The zero-order valence-corrected chi connectivity index (χ0v) is 16.4. The monoisotopic (exact) mass is 403 g/mol. The molecule has 5 nitrogen and oxygen atoms in total. The molecule has 3 aromatic rings.